The summed E-state index contributed by atoms with van der Waals surface area (Å²) < 4.78 is 43.2. The second-order valence-electron chi connectivity index (χ2n) is 6.28. The summed E-state index contributed by atoms with van der Waals surface area (Å²) in [5.41, 5.74) is 0.00494. The first kappa shape index (κ1) is 21.6. The van der Waals surface area contributed by atoms with Crippen molar-refractivity contribution in [2.45, 2.75) is 6.18 Å². The van der Waals surface area contributed by atoms with Gasteiger partial charge in [0.15, 0.2) is 6.61 Å². The predicted octanol–water partition coefficient (Wildman–Crippen LogP) is 4.91. The molecule has 0 fully saturated rings. The van der Waals surface area contributed by atoms with E-state index >= 15 is 0 Å². The highest BCUT2D eigenvalue weighted by Crippen LogP contribution is 2.33. The fourth-order valence-corrected chi connectivity index (χ4v) is 3.33. The van der Waals surface area contributed by atoms with Crippen molar-refractivity contribution in [2.75, 3.05) is 18.5 Å². The predicted molar refractivity (Wildman–Crippen MR) is 111 cm³/mol. The van der Waals surface area contributed by atoms with Gasteiger partial charge in [-0.05, 0) is 44.9 Å². The number of carbonyl (C=O) groups is 2. The minimum atomic E-state index is -4.53. The van der Waals surface area contributed by atoms with E-state index in [1.807, 2.05) is 30.3 Å². The fourth-order valence-electron chi connectivity index (χ4n) is 2.72. The lowest BCUT2D eigenvalue weighted by Gasteiger charge is -2.13. The first-order valence-electron chi connectivity index (χ1n) is 8.78. The minimum absolute atomic E-state index is 0.0815. The maximum atomic E-state index is 12.3. The minimum Gasteiger partial charge on any atom is -0.483 e. The van der Waals surface area contributed by atoms with Crippen LogP contribution in [0, 0.1) is 0 Å². The van der Waals surface area contributed by atoms with E-state index in [-0.39, 0.29) is 17.9 Å². The van der Waals surface area contributed by atoms with E-state index in [9.17, 15) is 22.8 Å². The number of alkyl halides is 3. The van der Waals surface area contributed by atoms with Crippen molar-refractivity contribution in [3.63, 3.8) is 0 Å². The average Bonchev–Trinajstić information content (AvgIpc) is 2.71. The highest BCUT2D eigenvalue weighted by Gasteiger charge is 2.28. The zero-order valence-electron chi connectivity index (χ0n) is 15.4. The molecular formula is C21H16BrF3N2O3. The van der Waals surface area contributed by atoms with Crippen molar-refractivity contribution in [2.24, 2.45) is 0 Å². The molecule has 156 valence electrons. The molecule has 0 aromatic heterocycles. The summed E-state index contributed by atoms with van der Waals surface area (Å²) in [6, 6.07) is 17.0. The van der Waals surface area contributed by atoms with Gasteiger partial charge < -0.3 is 15.4 Å². The van der Waals surface area contributed by atoms with E-state index in [0.717, 1.165) is 10.8 Å². The Bertz CT molecular complexity index is 1090. The molecule has 3 rings (SSSR count). The van der Waals surface area contributed by atoms with Gasteiger partial charge in [0.25, 0.3) is 11.8 Å². The van der Waals surface area contributed by atoms with Gasteiger partial charge in [0.05, 0.1) is 15.7 Å². The molecule has 0 spiro atoms. The largest absolute Gasteiger partial charge is 0.483 e. The lowest BCUT2D eigenvalue weighted by molar-refractivity contribution is -0.123. The van der Waals surface area contributed by atoms with Crippen LogP contribution in [0.25, 0.3) is 10.8 Å². The lowest BCUT2D eigenvalue weighted by atomic mass is 10.1. The Morgan fingerprint density at radius 3 is 2.43 bits per heavy atom. The second kappa shape index (κ2) is 9.17. The van der Waals surface area contributed by atoms with Crippen LogP contribution in [0.15, 0.2) is 65.1 Å². The Labute approximate surface area is 178 Å². The van der Waals surface area contributed by atoms with Crippen LogP contribution in [-0.4, -0.2) is 31.1 Å². The summed E-state index contributed by atoms with van der Waals surface area (Å²) in [6.45, 7) is -1.82. The number of para-hydroxylation sites is 1. The quantitative estimate of drug-likeness (QED) is 0.526. The van der Waals surface area contributed by atoms with E-state index in [4.69, 9.17) is 4.74 Å². The molecule has 0 radical (unpaired) electrons. The molecule has 0 aliphatic carbocycles. The normalized spacial score (nSPS) is 11.2. The molecule has 5 nitrogen and oxygen atoms in total. The van der Waals surface area contributed by atoms with E-state index in [0.29, 0.717) is 10.2 Å². The molecule has 9 heteroatoms. The van der Waals surface area contributed by atoms with Gasteiger partial charge in [-0.25, -0.2) is 0 Å². The van der Waals surface area contributed by atoms with Crippen LogP contribution in [0.3, 0.4) is 0 Å². The second-order valence-corrected chi connectivity index (χ2v) is 7.07. The highest BCUT2D eigenvalue weighted by molar-refractivity contribution is 9.10. The van der Waals surface area contributed by atoms with Crippen molar-refractivity contribution in [1.29, 1.82) is 0 Å². The van der Waals surface area contributed by atoms with Crippen molar-refractivity contribution >= 4 is 44.2 Å². The molecule has 0 aliphatic rings. The molecule has 0 bridgehead atoms. The van der Waals surface area contributed by atoms with Crippen molar-refractivity contribution in [1.82, 2.24) is 5.32 Å². The molecule has 2 amide bonds. The third kappa shape index (κ3) is 5.50. The summed E-state index contributed by atoms with van der Waals surface area (Å²) in [7, 11) is 0. The number of anilines is 1. The van der Waals surface area contributed by atoms with Gasteiger partial charge >= 0.3 is 6.18 Å². The molecule has 0 unspecified atom stereocenters. The monoisotopic (exact) mass is 480 g/mol. The smallest absolute Gasteiger partial charge is 0.405 e. The standard InChI is InChI=1S/C21H16BrF3N2O3/c22-19-14-6-2-1-5-13(14)9-10-17(19)30-11-18(28)27-16-8-4-3-7-15(16)20(29)26-12-21(23,24)25/h1-10H,11-12H2,(H,26,29)(H,27,28). The highest BCUT2D eigenvalue weighted by atomic mass is 79.9. The van der Waals surface area contributed by atoms with Gasteiger partial charge in [-0.1, -0.05) is 42.5 Å². The number of fused-ring (bicyclic) bond motifs is 1. The van der Waals surface area contributed by atoms with Crippen LogP contribution in [-0.2, 0) is 4.79 Å². The van der Waals surface area contributed by atoms with Gasteiger partial charge in [-0.15, -0.1) is 0 Å². The third-order valence-electron chi connectivity index (χ3n) is 4.08. The molecule has 0 saturated carbocycles. The number of amides is 2. The molecule has 0 atom stereocenters. The SMILES string of the molecule is O=C(COc1ccc2ccccc2c1Br)Nc1ccccc1C(=O)NCC(F)(F)F. The van der Waals surface area contributed by atoms with E-state index < -0.39 is 24.5 Å². The van der Waals surface area contributed by atoms with E-state index in [2.05, 4.69) is 21.2 Å². The Kier molecular flexibility index (Phi) is 6.61. The zero-order valence-corrected chi connectivity index (χ0v) is 17.0. The van der Waals surface area contributed by atoms with Crippen LogP contribution < -0.4 is 15.4 Å². The van der Waals surface area contributed by atoms with Gasteiger partial charge in [-0.2, -0.15) is 13.2 Å². The maximum absolute atomic E-state index is 12.3. The number of nitrogens with one attached hydrogen (secondary N) is 2. The summed E-state index contributed by atoms with van der Waals surface area (Å²) in [5.74, 6) is -1.05. The zero-order chi connectivity index (χ0) is 21.7. The molecular weight excluding hydrogens is 465 g/mol. The molecule has 0 heterocycles. The van der Waals surface area contributed by atoms with Gasteiger partial charge in [0.1, 0.15) is 12.3 Å². The van der Waals surface area contributed by atoms with E-state index in [1.54, 1.807) is 17.4 Å². The maximum Gasteiger partial charge on any atom is 0.405 e. The Morgan fingerprint density at radius 2 is 1.67 bits per heavy atom. The first-order valence-corrected chi connectivity index (χ1v) is 9.58. The summed E-state index contributed by atoms with van der Waals surface area (Å²) in [6.07, 6.45) is -4.53. The van der Waals surface area contributed by atoms with Crippen molar-refractivity contribution < 1.29 is 27.5 Å². The van der Waals surface area contributed by atoms with E-state index in [1.165, 1.54) is 18.2 Å². The van der Waals surface area contributed by atoms with Gasteiger partial charge in [0.2, 0.25) is 0 Å². The number of ether oxygens (including phenoxy) is 1. The molecule has 3 aromatic carbocycles. The number of halogens is 4. The Morgan fingerprint density at radius 1 is 0.967 bits per heavy atom. The van der Waals surface area contributed by atoms with Crippen LogP contribution in [0.2, 0.25) is 0 Å². The van der Waals surface area contributed by atoms with Crippen LogP contribution in [0.4, 0.5) is 18.9 Å². The summed E-state index contributed by atoms with van der Waals surface area (Å²) in [5, 5.41) is 6.19. The average molecular weight is 481 g/mol. The molecule has 2 N–H and O–H groups in total. The summed E-state index contributed by atoms with van der Waals surface area (Å²) in [4.78, 5) is 24.3. The first-order chi connectivity index (χ1) is 14.2. The number of hydrogen-bond acceptors (Lipinski definition) is 3. The van der Waals surface area contributed by atoms with Gasteiger partial charge in [0, 0.05) is 0 Å². The summed E-state index contributed by atoms with van der Waals surface area (Å²) >= 11 is 3.46. The van der Waals surface area contributed by atoms with Crippen LogP contribution >= 0.6 is 15.9 Å². The molecule has 0 aliphatic heterocycles. The number of carbonyl (C=O) groups excluding carboxylic acids is 2. The number of hydrogen-bond donors (Lipinski definition) is 2. The van der Waals surface area contributed by atoms with Crippen LogP contribution in [0.5, 0.6) is 5.75 Å². The third-order valence-corrected chi connectivity index (χ3v) is 4.90. The lowest BCUT2D eigenvalue weighted by Crippen LogP contribution is -2.34. The number of benzene rings is 3. The molecule has 0 saturated heterocycles. The Hall–Kier alpha value is -3.07. The van der Waals surface area contributed by atoms with Gasteiger partial charge in [-0.3, -0.25) is 9.59 Å². The Balaban J connectivity index is 1.66. The number of rotatable bonds is 6. The molecule has 3 aromatic rings. The van der Waals surface area contributed by atoms with Crippen LogP contribution in [0.1, 0.15) is 10.4 Å². The van der Waals surface area contributed by atoms with Crippen molar-refractivity contribution in [3.8, 4) is 5.75 Å². The molecule has 30 heavy (non-hydrogen) atoms. The fraction of sp³-hybridized carbons (Fsp3) is 0.143. The van der Waals surface area contributed by atoms with Crippen molar-refractivity contribution in [3.05, 3.63) is 70.7 Å². The topological polar surface area (TPSA) is 67.4 Å².